The van der Waals surface area contributed by atoms with Gasteiger partial charge >= 0.3 is 5.97 Å². The molecule has 0 spiro atoms. The number of rotatable bonds is 53. The second kappa shape index (κ2) is 54.0. The molecule has 0 heterocycles. The van der Waals surface area contributed by atoms with Crippen LogP contribution in [0.3, 0.4) is 0 Å². The summed E-state index contributed by atoms with van der Waals surface area (Å²) in [7, 11) is 0. The fourth-order valence-corrected chi connectivity index (χ4v) is 8.81. The van der Waals surface area contributed by atoms with Gasteiger partial charge in [0.15, 0.2) is 0 Å². The lowest BCUT2D eigenvalue weighted by Gasteiger charge is -2.20. The summed E-state index contributed by atoms with van der Waals surface area (Å²) in [6.07, 6.45) is 64.9. The van der Waals surface area contributed by atoms with Crippen molar-refractivity contribution in [2.24, 2.45) is 0 Å². The Kier molecular flexibility index (Phi) is 52.6. The van der Waals surface area contributed by atoms with E-state index in [1.165, 1.54) is 238 Å². The maximum Gasteiger partial charge on any atom is 0.305 e. The minimum atomic E-state index is -0.846. The van der Waals surface area contributed by atoms with E-state index < -0.39 is 12.1 Å². The molecule has 6 nitrogen and oxygen atoms in total. The Morgan fingerprint density at radius 2 is 0.734 bits per heavy atom. The van der Waals surface area contributed by atoms with Crippen molar-refractivity contribution in [2.75, 3.05) is 13.2 Å². The van der Waals surface area contributed by atoms with Gasteiger partial charge < -0.3 is 20.3 Å². The molecule has 378 valence electrons. The van der Waals surface area contributed by atoms with Crippen LogP contribution in [0.4, 0.5) is 0 Å². The van der Waals surface area contributed by atoms with Crippen molar-refractivity contribution in [3.8, 4) is 0 Å². The molecule has 2 atom stereocenters. The second-order valence-electron chi connectivity index (χ2n) is 19.6. The van der Waals surface area contributed by atoms with Crippen molar-refractivity contribution in [2.45, 2.75) is 321 Å². The van der Waals surface area contributed by atoms with E-state index in [0.29, 0.717) is 19.4 Å². The van der Waals surface area contributed by atoms with Crippen LogP contribution in [0.15, 0.2) is 24.3 Å². The average Bonchev–Trinajstić information content (AvgIpc) is 3.29. The molecule has 0 aliphatic rings. The molecular weight excluding hydrogens is 791 g/mol. The third-order valence-electron chi connectivity index (χ3n) is 13.2. The van der Waals surface area contributed by atoms with Crippen LogP contribution in [0, 0.1) is 0 Å². The summed E-state index contributed by atoms with van der Waals surface area (Å²) in [6, 6.07) is -0.631. The van der Waals surface area contributed by atoms with Crippen LogP contribution in [-0.2, 0) is 14.3 Å². The van der Waals surface area contributed by atoms with E-state index in [1.807, 2.05) is 6.08 Å². The molecule has 0 radical (unpaired) electrons. The predicted octanol–water partition coefficient (Wildman–Crippen LogP) is 17.5. The van der Waals surface area contributed by atoms with E-state index >= 15 is 0 Å². The molecule has 64 heavy (non-hydrogen) atoms. The number of aliphatic hydroxyl groups is 2. The summed E-state index contributed by atoms with van der Waals surface area (Å²) in [5.74, 6) is -0.0630. The van der Waals surface area contributed by atoms with Gasteiger partial charge in [-0.1, -0.05) is 263 Å². The highest BCUT2D eigenvalue weighted by Gasteiger charge is 2.18. The second-order valence-corrected chi connectivity index (χ2v) is 19.6. The average molecular weight is 903 g/mol. The van der Waals surface area contributed by atoms with E-state index in [2.05, 4.69) is 31.3 Å². The number of carbonyl (C=O) groups excluding carboxylic acids is 2. The summed E-state index contributed by atoms with van der Waals surface area (Å²) < 4.78 is 5.47. The third kappa shape index (κ3) is 49.8. The molecule has 0 saturated heterocycles. The van der Waals surface area contributed by atoms with Crippen LogP contribution in [0.25, 0.3) is 0 Å². The van der Waals surface area contributed by atoms with Crippen molar-refractivity contribution >= 4 is 11.9 Å². The smallest absolute Gasteiger partial charge is 0.305 e. The summed E-state index contributed by atoms with van der Waals surface area (Å²) in [6.45, 7) is 4.90. The number of allylic oxidation sites excluding steroid dienone is 3. The molecule has 6 heteroatoms. The molecule has 0 rings (SSSR count). The van der Waals surface area contributed by atoms with Crippen molar-refractivity contribution in [3.63, 3.8) is 0 Å². The number of ether oxygens (including phenoxy) is 1. The molecule has 0 bridgehead atoms. The van der Waals surface area contributed by atoms with Crippen molar-refractivity contribution in [1.29, 1.82) is 0 Å². The van der Waals surface area contributed by atoms with E-state index in [9.17, 15) is 19.8 Å². The van der Waals surface area contributed by atoms with Crippen LogP contribution in [0.2, 0.25) is 0 Å². The minimum Gasteiger partial charge on any atom is -0.466 e. The zero-order valence-corrected chi connectivity index (χ0v) is 43.0. The molecule has 1 amide bonds. The van der Waals surface area contributed by atoms with E-state index in [4.69, 9.17) is 4.74 Å². The van der Waals surface area contributed by atoms with Gasteiger partial charge in [0, 0.05) is 12.8 Å². The number of nitrogens with one attached hydrogen (secondary N) is 1. The summed E-state index contributed by atoms with van der Waals surface area (Å²) in [4.78, 5) is 24.4. The number of carbonyl (C=O) groups is 2. The van der Waals surface area contributed by atoms with E-state index in [0.717, 1.165) is 44.9 Å². The lowest BCUT2D eigenvalue weighted by Crippen LogP contribution is -2.45. The van der Waals surface area contributed by atoms with Gasteiger partial charge in [-0.25, -0.2) is 0 Å². The normalized spacial score (nSPS) is 12.8. The molecule has 0 aromatic carbocycles. The maximum atomic E-state index is 12.4. The van der Waals surface area contributed by atoms with Crippen LogP contribution in [-0.4, -0.2) is 47.4 Å². The van der Waals surface area contributed by atoms with Crippen LogP contribution < -0.4 is 5.32 Å². The van der Waals surface area contributed by atoms with Gasteiger partial charge in [0.05, 0.1) is 25.4 Å². The molecule has 0 aliphatic heterocycles. The van der Waals surface area contributed by atoms with E-state index in [1.54, 1.807) is 6.08 Å². The van der Waals surface area contributed by atoms with Crippen molar-refractivity contribution in [3.05, 3.63) is 24.3 Å². The lowest BCUT2D eigenvalue weighted by molar-refractivity contribution is -0.143. The number of aliphatic hydroxyl groups excluding tert-OH is 2. The minimum absolute atomic E-state index is 0.0115. The summed E-state index contributed by atoms with van der Waals surface area (Å²) in [5.41, 5.74) is 0. The van der Waals surface area contributed by atoms with Crippen LogP contribution in [0.1, 0.15) is 309 Å². The molecular formula is C58H111NO5. The number of unbranched alkanes of at least 4 members (excludes halogenated alkanes) is 40. The predicted molar refractivity (Wildman–Crippen MR) is 278 cm³/mol. The van der Waals surface area contributed by atoms with Gasteiger partial charge in [0.25, 0.3) is 0 Å². The first kappa shape index (κ1) is 62.3. The molecule has 0 aromatic heterocycles. The largest absolute Gasteiger partial charge is 0.466 e. The maximum absolute atomic E-state index is 12.4. The molecule has 2 unspecified atom stereocenters. The van der Waals surface area contributed by atoms with Gasteiger partial charge in [-0.3, -0.25) is 9.59 Å². The first-order valence-corrected chi connectivity index (χ1v) is 28.6. The topological polar surface area (TPSA) is 95.9 Å². The van der Waals surface area contributed by atoms with Gasteiger partial charge in [0.1, 0.15) is 0 Å². The highest BCUT2D eigenvalue weighted by molar-refractivity contribution is 5.76. The molecule has 0 aromatic rings. The first-order chi connectivity index (χ1) is 31.5. The zero-order valence-electron chi connectivity index (χ0n) is 43.0. The van der Waals surface area contributed by atoms with Crippen LogP contribution in [0.5, 0.6) is 0 Å². The number of amides is 1. The number of hydrogen-bond donors (Lipinski definition) is 3. The Morgan fingerprint density at radius 3 is 1.11 bits per heavy atom. The van der Waals surface area contributed by atoms with Crippen molar-refractivity contribution < 1.29 is 24.5 Å². The Labute approximate surface area is 399 Å². The monoisotopic (exact) mass is 902 g/mol. The molecule has 0 fully saturated rings. The Hall–Kier alpha value is -1.66. The van der Waals surface area contributed by atoms with Crippen LogP contribution >= 0.6 is 0 Å². The summed E-state index contributed by atoms with van der Waals surface area (Å²) >= 11 is 0. The van der Waals surface area contributed by atoms with Crippen molar-refractivity contribution in [1.82, 2.24) is 5.32 Å². The Morgan fingerprint density at radius 1 is 0.422 bits per heavy atom. The fraction of sp³-hybridized carbons (Fsp3) is 0.897. The SMILES string of the molecule is CCCCCCCCCCCC/C=C/C(O)C(CO)NC(=O)CCCCCCCCC/C=C\CCCCCCCCCCCCCCOC(=O)CCCCCCCCCCCCCC. The zero-order chi connectivity index (χ0) is 46.5. The highest BCUT2D eigenvalue weighted by atomic mass is 16.5. The van der Waals surface area contributed by atoms with Gasteiger partial charge in [-0.05, 0) is 57.8 Å². The molecule has 3 N–H and O–H groups in total. The third-order valence-corrected chi connectivity index (χ3v) is 13.2. The Bertz CT molecular complexity index is 997. The number of hydrogen-bond acceptors (Lipinski definition) is 5. The first-order valence-electron chi connectivity index (χ1n) is 28.6. The van der Waals surface area contributed by atoms with Gasteiger partial charge in [-0.15, -0.1) is 0 Å². The summed E-state index contributed by atoms with van der Waals surface area (Å²) in [5, 5.41) is 23.0. The number of esters is 1. The Balaban J connectivity index is 3.42. The highest BCUT2D eigenvalue weighted by Crippen LogP contribution is 2.16. The standard InChI is InChI=1S/C58H111NO5/c1-3-5-7-9-11-13-15-30-34-38-42-46-50-56(61)55(54-60)59-57(62)51-47-43-39-35-31-28-26-24-22-20-18-17-19-21-23-25-27-29-33-37-41-45-49-53-64-58(63)52-48-44-40-36-32-16-14-12-10-8-6-4-2/h20,22,46,50,55-56,60-61H,3-19,21,23-45,47-49,51-54H2,1-2H3,(H,59,62)/b22-20-,50-46+. The quantitative estimate of drug-likeness (QED) is 0.0321. The molecule has 0 aliphatic carbocycles. The molecule has 0 saturated carbocycles. The lowest BCUT2D eigenvalue weighted by atomic mass is 10.0. The van der Waals surface area contributed by atoms with Gasteiger partial charge in [-0.2, -0.15) is 0 Å². The van der Waals surface area contributed by atoms with E-state index in [-0.39, 0.29) is 18.5 Å². The van der Waals surface area contributed by atoms with Gasteiger partial charge in [0.2, 0.25) is 5.91 Å². The fourth-order valence-electron chi connectivity index (χ4n) is 8.81.